The minimum atomic E-state index is -0.366. The zero-order valence-electron chi connectivity index (χ0n) is 23.1. The summed E-state index contributed by atoms with van der Waals surface area (Å²) in [5, 5.41) is 13.6. The Bertz CT molecular complexity index is 860. The lowest BCUT2D eigenvalue weighted by atomic mass is 9.68. The summed E-state index contributed by atoms with van der Waals surface area (Å²) >= 11 is 0. The van der Waals surface area contributed by atoms with Crippen molar-refractivity contribution in [3.63, 3.8) is 0 Å². The summed E-state index contributed by atoms with van der Waals surface area (Å²) in [5.74, 6) is 0.116. The first kappa shape index (κ1) is 29.3. The van der Waals surface area contributed by atoms with Crippen molar-refractivity contribution in [2.24, 2.45) is 11.3 Å². The molecule has 0 aromatic heterocycles. The molecule has 3 rings (SSSR count). The largest absolute Gasteiger partial charge is 0.504 e. The van der Waals surface area contributed by atoms with Crippen LogP contribution in [0.15, 0.2) is 18.2 Å². The van der Waals surface area contributed by atoms with Gasteiger partial charge in [-0.15, -0.1) is 0 Å². The third kappa shape index (κ3) is 8.62. The molecule has 7 heteroatoms. The van der Waals surface area contributed by atoms with E-state index in [0.717, 1.165) is 82.9 Å². The van der Waals surface area contributed by atoms with Gasteiger partial charge in [-0.25, -0.2) is 0 Å². The molecule has 1 aromatic carbocycles. The highest BCUT2D eigenvalue weighted by molar-refractivity contribution is 5.72. The second kappa shape index (κ2) is 14.6. The molecule has 2 fully saturated rings. The van der Waals surface area contributed by atoms with Crippen LogP contribution in [0, 0.1) is 11.3 Å². The van der Waals surface area contributed by atoms with E-state index < -0.39 is 0 Å². The van der Waals surface area contributed by atoms with Crippen LogP contribution in [0.2, 0.25) is 0 Å². The minimum absolute atomic E-state index is 0.0453. The number of phenols is 1. The number of piperidine rings is 1. The first-order chi connectivity index (χ1) is 17.9. The third-order valence-electron chi connectivity index (χ3n) is 8.22. The van der Waals surface area contributed by atoms with Gasteiger partial charge in [-0.3, -0.25) is 9.59 Å². The van der Waals surface area contributed by atoms with Gasteiger partial charge in [0.2, 0.25) is 0 Å². The van der Waals surface area contributed by atoms with E-state index in [1.807, 2.05) is 12.1 Å². The lowest BCUT2D eigenvalue weighted by Crippen LogP contribution is -2.49. The number of benzene rings is 1. The van der Waals surface area contributed by atoms with Crippen LogP contribution in [0.4, 0.5) is 0 Å². The molecule has 1 aliphatic heterocycles. The van der Waals surface area contributed by atoms with E-state index in [4.69, 9.17) is 14.2 Å². The zero-order valence-corrected chi connectivity index (χ0v) is 23.1. The van der Waals surface area contributed by atoms with E-state index >= 15 is 0 Å². The Hall–Kier alpha value is -2.28. The van der Waals surface area contributed by atoms with Crippen molar-refractivity contribution in [1.29, 1.82) is 0 Å². The molecule has 2 N–H and O–H groups in total. The van der Waals surface area contributed by atoms with Crippen LogP contribution in [-0.2, 0) is 25.5 Å². The van der Waals surface area contributed by atoms with Gasteiger partial charge in [0.1, 0.15) is 12.2 Å². The summed E-state index contributed by atoms with van der Waals surface area (Å²) in [6, 6.07) is 5.47. The van der Waals surface area contributed by atoms with Crippen LogP contribution >= 0.6 is 0 Å². The second-order valence-electron chi connectivity index (χ2n) is 11.0. The van der Waals surface area contributed by atoms with Gasteiger partial charge in [0.15, 0.2) is 11.5 Å². The van der Waals surface area contributed by atoms with Gasteiger partial charge in [-0.05, 0) is 75.7 Å². The van der Waals surface area contributed by atoms with Crippen LogP contribution < -0.4 is 10.1 Å². The molecule has 0 spiro atoms. The Labute approximate surface area is 222 Å². The highest BCUT2D eigenvalue weighted by Crippen LogP contribution is 2.43. The molecule has 0 amide bonds. The predicted molar refractivity (Wildman–Crippen MR) is 144 cm³/mol. The number of unbranched alkanes of at least 4 members (excludes halogenated alkanes) is 2. The summed E-state index contributed by atoms with van der Waals surface area (Å²) in [5.41, 5.74) is 0.728. The smallest absolute Gasteiger partial charge is 0.309 e. The summed E-state index contributed by atoms with van der Waals surface area (Å²) < 4.78 is 17.6. The minimum Gasteiger partial charge on any atom is -0.504 e. The molecule has 2 atom stereocenters. The number of rotatable bonds is 13. The first-order valence-corrected chi connectivity index (χ1v) is 14.3. The van der Waals surface area contributed by atoms with Crippen molar-refractivity contribution in [3.05, 3.63) is 23.8 Å². The van der Waals surface area contributed by atoms with Crippen molar-refractivity contribution in [3.8, 4) is 11.5 Å². The normalized spacial score (nSPS) is 19.5. The maximum atomic E-state index is 13.5. The number of aromatic hydroxyl groups is 1. The predicted octanol–water partition coefficient (Wildman–Crippen LogP) is 5.71. The fraction of sp³-hybridized carbons (Fsp3) is 0.733. The molecular formula is C30H47NO6. The van der Waals surface area contributed by atoms with Gasteiger partial charge in [-0.2, -0.15) is 0 Å². The van der Waals surface area contributed by atoms with E-state index in [1.165, 1.54) is 13.3 Å². The number of nitrogens with one attached hydrogen (secondary N) is 1. The van der Waals surface area contributed by atoms with Crippen molar-refractivity contribution in [2.45, 2.75) is 110 Å². The molecule has 1 saturated carbocycles. The van der Waals surface area contributed by atoms with Crippen molar-refractivity contribution in [2.75, 3.05) is 20.2 Å². The SMILES string of the molecule is CCCCC[C@H](C[C@@H](OC(=O)C1CCCCC1)C1(Cc2ccc(O)c(OC)c2)CCNCC1)OC(C)=O. The second-order valence-corrected chi connectivity index (χ2v) is 11.0. The molecular weight excluding hydrogens is 470 g/mol. The van der Waals surface area contributed by atoms with Gasteiger partial charge in [0.05, 0.1) is 13.0 Å². The molecule has 1 aromatic rings. The molecule has 0 bridgehead atoms. The van der Waals surface area contributed by atoms with Crippen LogP contribution in [0.25, 0.3) is 0 Å². The Morgan fingerprint density at radius 1 is 1.11 bits per heavy atom. The topological polar surface area (TPSA) is 94.1 Å². The molecule has 2 aliphatic rings. The van der Waals surface area contributed by atoms with Crippen LogP contribution in [-0.4, -0.2) is 49.5 Å². The number of ether oxygens (including phenoxy) is 3. The first-order valence-electron chi connectivity index (χ1n) is 14.3. The van der Waals surface area contributed by atoms with E-state index in [1.54, 1.807) is 13.2 Å². The number of phenolic OH excluding ortho intramolecular Hbond substituents is 1. The third-order valence-corrected chi connectivity index (χ3v) is 8.22. The van der Waals surface area contributed by atoms with E-state index in [2.05, 4.69) is 12.2 Å². The zero-order chi connectivity index (χ0) is 26.7. The summed E-state index contributed by atoms with van der Waals surface area (Å²) in [6.07, 6.45) is 11.2. The van der Waals surface area contributed by atoms with Gasteiger partial charge < -0.3 is 24.6 Å². The number of esters is 2. The van der Waals surface area contributed by atoms with E-state index in [0.29, 0.717) is 18.6 Å². The van der Waals surface area contributed by atoms with Gasteiger partial charge >= 0.3 is 11.9 Å². The summed E-state index contributed by atoms with van der Waals surface area (Å²) in [4.78, 5) is 25.5. The maximum Gasteiger partial charge on any atom is 0.309 e. The number of carbonyl (C=O) groups excluding carboxylic acids is 2. The van der Waals surface area contributed by atoms with Gasteiger partial charge in [-0.1, -0.05) is 45.1 Å². The standard InChI is InChI=1S/C30H47NO6/c1-4-5-7-12-25(36-22(2)32)20-28(37-29(34)24-10-8-6-9-11-24)30(15-17-31-18-16-30)21-23-13-14-26(33)27(19-23)35-3/h13-14,19,24-25,28,31,33H,4-12,15-18,20-21H2,1-3H3/t25-,28-/m1/s1. The molecule has 1 aliphatic carbocycles. The lowest BCUT2D eigenvalue weighted by Gasteiger charge is -2.45. The Morgan fingerprint density at radius 2 is 1.84 bits per heavy atom. The van der Waals surface area contributed by atoms with Crippen molar-refractivity contribution in [1.82, 2.24) is 5.32 Å². The Balaban J connectivity index is 1.92. The van der Waals surface area contributed by atoms with Crippen LogP contribution in [0.3, 0.4) is 0 Å². The molecule has 1 saturated heterocycles. The van der Waals surface area contributed by atoms with Crippen molar-refractivity contribution < 1.29 is 28.9 Å². The fourth-order valence-electron chi connectivity index (χ4n) is 6.09. The number of hydrogen-bond acceptors (Lipinski definition) is 7. The maximum absolute atomic E-state index is 13.5. The average Bonchev–Trinajstić information content (AvgIpc) is 2.90. The molecule has 0 unspecified atom stereocenters. The van der Waals surface area contributed by atoms with E-state index in [-0.39, 0.29) is 41.2 Å². The van der Waals surface area contributed by atoms with Crippen LogP contribution in [0.5, 0.6) is 11.5 Å². The monoisotopic (exact) mass is 517 g/mol. The molecule has 1 heterocycles. The molecule has 0 radical (unpaired) electrons. The highest BCUT2D eigenvalue weighted by atomic mass is 16.6. The fourth-order valence-corrected chi connectivity index (χ4v) is 6.09. The van der Waals surface area contributed by atoms with Crippen molar-refractivity contribution >= 4 is 11.9 Å². The molecule has 7 nitrogen and oxygen atoms in total. The average molecular weight is 518 g/mol. The van der Waals surface area contributed by atoms with Gasteiger partial charge in [0.25, 0.3) is 0 Å². The number of hydrogen-bond donors (Lipinski definition) is 2. The Morgan fingerprint density at radius 3 is 2.49 bits per heavy atom. The van der Waals surface area contributed by atoms with E-state index in [9.17, 15) is 14.7 Å². The quantitative estimate of drug-likeness (QED) is 0.256. The summed E-state index contributed by atoms with van der Waals surface area (Å²) in [6.45, 7) is 5.28. The lowest BCUT2D eigenvalue weighted by molar-refractivity contribution is -0.169. The number of carbonyl (C=O) groups is 2. The van der Waals surface area contributed by atoms with Crippen LogP contribution in [0.1, 0.15) is 96.5 Å². The molecule has 37 heavy (non-hydrogen) atoms. The highest BCUT2D eigenvalue weighted by Gasteiger charge is 2.44. The molecule has 208 valence electrons. The van der Waals surface area contributed by atoms with Gasteiger partial charge in [0, 0.05) is 18.8 Å². The Kier molecular flexibility index (Phi) is 11.6. The summed E-state index contributed by atoms with van der Waals surface area (Å²) in [7, 11) is 1.55. The number of methoxy groups -OCH3 is 1.